The zero-order chi connectivity index (χ0) is 18.1. The molecule has 0 spiro atoms. The lowest BCUT2D eigenvalue weighted by atomic mass is 10.0. The fourth-order valence-electron chi connectivity index (χ4n) is 3.69. The molecule has 2 aliphatic heterocycles. The summed E-state index contributed by atoms with van der Waals surface area (Å²) in [7, 11) is 0. The van der Waals surface area contributed by atoms with Gasteiger partial charge in [0.1, 0.15) is 0 Å². The van der Waals surface area contributed by atoms with Gasteiger partial charge in [-0.1, -0.05) is 6.42 Å². The highest BCUT2D eigenvalue weighted by Gasteiger charge is 2.28. The minimum absolute atomic E-state index is 0.0630. The molecule has 0 radical (unpaired) electrons. The van der Waals surface area contributed by atoms with Crippen molar-refractivity contribution in [2.45, 2.75) is 58.5 Å². The summed E-state index contributed by atoms with van der Waals surface area (Å²) in [6.45, 7) is 17.7. The number of hydrogen-bond acceptors (Lipinski definition) is 4. The van der Waals surface area contributed by atoms with Crippen LogP contribution in [0, 0.1) is 0 Å². The molecule has 2 rings (SSSR count). The molecule has 0 aromatic carbocycles. The van der Waals surface area contributed by atoms with E-state index in [1.807, 2.05) is 0 Å². The Balaban J connectivity index is 1.80. The molecule has 2 saturated heterocycles. The molecule has 6 heteroatoms. The van der Waals surface area contributed by atoms with Gasteiger partial charge in [0.2, 0.25) is 0 Å². The topological polar surface area (TPSA) is 52.1 Å². The second-order valence-corrected chi connectivity index (χ2v) is 7.91. The minimum Gasteiger partial charge on any atom is -0.379 e. The third-order valence-corrected chi connectivity index (χ3v) is 5.47. The smallest absolute Gasteiger partial charge is 0.191 e. The third kappa shape index (κ3) is 6.76. The molecule has 6 nitrogen and oxygen atoms in total. The molecule has 1 unspecified atom stereocenters. The normalized spacial score (nSPS) is 24.3. The Morgan fingerprint density at radius 2 is 1.92 bits per heavy atom. The van der Waals surface area contributed by atoms with Crippen LogP contribution < -0.4 is 10.6 Å². The summed E-state index contributed by atoms with van der Waals surface area (Å²) in [5, 5.41) is 6.90. The Hall–Kier alpha value is -0.850. The predicted octanol–water partition coefficient (Wildman–Crippen LogP) is 1.53. The maximum absolute atomic E-state index is 5.47. The highest BCUT2D eigenvalue weighted by molar-refractivity contribution is 5.79. The van der Waals surface area contributed by atoms with E-state index >= 15 is 0 Å². The maximum atomic E-state index is 5.47. The van der Waals surface area contributed by atoms with Crippen molar-refractivity contribution in [3.05, 3.63) is 0 Å². The number of guanidine groups is 1. The summed E-state index contributed by atoms with van der Waals surface area (Å²) in [4.78, 5) is 9.94. The number of hydrogen-bond donors (Lipinski definition) is 2. The maximum Gasteiger partial charge on any atom is 0.191 e. The van der Waals surface area contributed by atoms with E-state index in [9.17, 15) is 0 Å². The summed E-state index contributed by atoms with van der Waals surface area (Å²) in [5.74, 6) is 0.938. The van der Waals surface area contributed by atoms with E-state index in [1.54, 1.807) is 0 Å². The van der Waals surface area contributed by atoms with Gasteiger partial charge in [-0.15, -0.1) is 0 Å². The van der Waals surface area contributed by atoms with E-state index < -0.39 is 0 Å². The van der Waals surface area contributed by atoms with Crippen LogP contribution in [0.4, 0.5) is 0 Å². The summed E-state index contributed by atoms with van der Waals surface area (Å²) in [6.07, 6.45) is 4.06. The van der Waals surface area contributed by atoms with Gasteiger partial charge in [0.05, 0.1) is 19.8 Å². The van der Waals surface area contributed by atoms with E-state index in [4.69, 9.17) is 9.73 Å². The zero-order valence-electron chi connectivity index (χ0n) is 16.8. The van der Waals surface area contributed by atoms with Crippen LogP contribution in [0.5, 0.6) is 0 Å². The Bertz CT molecular complexity index is 407. The second kappa shape index (κ2) is 10.3. The van der Waals surface area contributed by atoms with Gasteiger partial charge >= 0.3 is 0 Å². The van der Waals surface area contributed by atoms with Gasteiger partial charge in [-0.3, -0.25) is 14.8 Å². The third-order valence-electron chi connectivity index (χ3n) is 5.47. The van der Waals surface area contributed by atoms with Crippen LogP contribution in [0.25, 0.3) is 0 Å². The van der Waals surface area contributed by atoms with Crippen LogP contribution in [-0.2, 0) is 4.74 Å². The first-order valence-electron chi connectivity index (χ1n) is 10.1. The molecule has 2 aliphatic rings. The first kappa shape index (κ1) is 20.5. The largest absolute Gasteiger partial charge is 0.379 e. The first-order valence-corrected chi connectivity index (χ1v) is 10.1. The standard InChI is InChI=1S/C19H39N5O/c1-5-20-18(21-9-11-23-10-7-6-8-17(23)2)22-16-19(3,4)24-12-14-25-15-13-24/h17H,5-16H2,1-4H3,(H2,20,21,22). The highest BCUT2D eigenvalue weighted by atomic mass is 16.5. The van der Waals surface area contributed by atoms with Crippen LogP contribution in [0.15, 0.2) is 4.99 Å². The SMILES string of the molecule is CCNC(=NCC(C)(C)N1CCOCC1)NCCN1CCCCC1C. The van der Waals surface area contributed by atoms with Gasteiger partial charge in [0.25, 0.3) is 0 Å². The molecular weight excluding hydrogens is 314 g/mol. The Morgan fingerprint density at radius 1 is 1.16 bits per heavy atom. The van der Waals surface area contributed by atoms with Gasteiger partial charge in [-0.25, -0.2) is 0 Å². The summed E-state index contributed by atoms with van der Waals surface area (Å²) < 4.78 is 5.47. The molecule has 0 bridgehead atoms. The first-order chi connectivity index (χ1) is 12.0. The number of morpholine rings is 1. The predicted molar refractivity (Wildman–Crippen MR) is 105 cm³/mol. The van der Waals surface area contributed by atoms with Gasteiger partial charge in [0.15, 0.2) is 5.96 Å². The number of rotatable bonds is 7. The summed E-state index contributed by atoms with van der Waals surface area (Å²) in [6, 6.07) is 0.718. The van der Waals surface area contributed by atoms with Crippen molar-refractivity contribution in [2.75, 3.05) is 59.0 Å². The number of likely N-dealkylation sites (tertiary alicyclic amines) is 1. The minimum atomic E-state index is 0.0630. The van der Waals surface area contributed by atoms with Crippen LogP contribution in [0.3, 0.4) is 0 Å². The number of ether oxygens (including phenoxy) is 1. The van der Waals surface area contributed by atoms with E-state index in [0.717, 1.165) is 64.5 Å². The second-order valence-electron chi connectivity index (χ2n) is 7.91. The van der Waals surface area contributed by atoms with Crippen molar-refractivity contribution in [1.29, 1.82) is 0 Å². The molecule has 0 saturated carbocycles. The highest BCUT2D eigenvalue weighted by Crippen LogP contribution is 2.17. The molecule has 2 N–H and O–H groups in total. The van der Waals surface area contributed by atoms with Gasteiger partial charge in [0, 0.05) is 44.3 Å². The molecule has 146 valence electrons. The van der Waals surface area contributed by atoms with Gasteiger partial charge < -0.3 is 15.4 Å². The quantitative estimate of drug-likeness (QED) is 0.537. The number of aliphatic imine (C=N–C) groups is 1. The molecule has 2 heterocycles. The number of piperidine rings is 1. The fourth-order valence-corrected chi connectivity index (χ4v) is 3.69. The molecule has 0 aromatic heterocycles. The van der Waals surface area contributed by atoms with Crippen LogP contribution >= 0.6 is 0 Å². The fraction of sp³-hybridized carbons (Fsp3) is 0.947. The monoisotopic (exact) mass is 353 g/mol. The average molecular weight is 354 g/mol. The molecule has 0 aromatic rings. The number of nitrogens with zero attached hydrogens (tertiary/aromatic N) is 3. The molecule has 25 heavy (non-hydrogen) atoms. The van der Waals surface area contributed by atoms with Crippen LogP contribution in [0.1, 0.15) is 47.0 Å². The van der Waals surface area contributed by atoms with Crippen molar-refractivity contribution in [3.63, 3.8) is 0 Å². The van der Waals surface area contributed by atoms with Crippen molar-refractivity contribution < 1.29 is 4.74 Å². The Kier molecular flexibility index (Phi) is 8.46. The van der Waals surface area contributed by atoms with Gasteiger partial charge in [-0.05, 0) is 47.1 Å². The molecule has 2 fully saturated rings. The van der Waals surface area contributed by atoms with E-state index in [0.29, 0.717) is 0 Å². The molecule has 0 aliphatic carbocycles. The average Bonchev–Trinajstić information content (AvgIpc) is 2.62. The number of nitrogens with one attached hydrogen (secondary N) is 2. The van der Waals surface area contributed by atoms with Crippen LogP contribution in [-0.4, -0.2) is 86.4 Å². The lowest BCUT2D eigenvalue weighted by molar-refractivity contribution is -0.00683. The van der Waals surface area contributed by atoms with E-state index in [2.05, 4.69) is 48.1 Å². The zero-order valence-corrected chi connectivity index (χ0v) is 16.8. The summed E-state index contributed by atoms with van der Waals surface area (Å²) >= 11 is 0. The lowest BCUT2D eigenvalue weighted by Gasteiger charge is -2.40. The molecule has 0 amide bonds. The molecule has 1 atom stereocenters. The van der Waals surface area contributed by atoms with Gasteiger partial charge in [-0.2, -0.15) is 0 Å². The van der Waals surface area contributed by atoms with E-state index in [-0.39, 0.29) is 5.54 Å². The molecular formula is C19H39N5O. The van der Waals surface area contributed by atoms with Crippen molar-refractivity contribution in [2.24, 2.45) is 4.99 Å². The van der Waals surface area contributed by atoms with Crippen molar-refractivity contribution in [3.8, 4) is 0 Å². The van der Waals surface area contributed by atoms with Crippen molar-refractivity contribution in [1.82, 2.24) is 20.4 Å². The van der Waals surface area contributed by atoms with Crippen LogP contribution in [0.2, 0.25) is 0 Å². The Morgan fingerprint density at radius 3 is 2.60 bits per heavy atom. The van der Waals surface area contributed by atoms with E-state index in [1.165, 1.54) is 25.8 Å². The lowest BCUT2D eigenvalue weighted by Crippen LogP contribution is -2.52. The summed E-state index contributed by atoms with van der Waals surface area (Å²) in [5.41, 5.74) is 0.0630. The Labute approximate surface area is 154 Å². The van der Waals surface area contributed by atoms with Crippen molar-refractivity contribution >= 4 is 5.96 Å².